The smallest absolute Gasteiger partial charge is 0.124 e. The van der Waals surface area contributed by atoms with Crippen LogP contribution in [0.2, 0.25) is 0 Å². The van der Waals surface area contributed by atoms with E-state index in [0.717, 1.165) is 84.2 Å². The molecule has 0 atom stereocenters. The molecule has 5 nitrogen and oxygen atoms in total. The second-order valence-corrected chi connectivity index (χ2v) is 11.8. The van der Waals surface area contributed by atoms with E-state index in [0.29, 0.717) is 18.8 Å². The van der Waals surface area contributed by atoms with Gasteiger partial charge in [-0.2, -0.15) is 0 Å². The number of phenols is 1. The molecule has 34 heavy (non-hydrogen) atoms. The zero-order valence-corrected chi connectivity index (χ0v) is 21.9. The van der Waals surface area contributed by atoms with Crippen molar-refractivity contribution < 1.29 is 14.6 Å². The highest BCUT2D eigenvalue weighted by Crippen LogP contribution is 2.43. The van der Waals surface area contributed by atoms with E-state index in [2.05, 4.69) is 53.1 Å². The number of rotatable bonds is 6. The molecule has 5 rings (SSSR count). The van der Waals surface area contributed by atoms with Crippen molar-refractivity contribution in [1.29, 1.82) is 0 Å². The van der Waals surface area contributed by atoms with E-state index in [4.69, 9.17) is 21.7 Å². The van der Waals surface area contributed by atoms with Crippen LogP contribution in [0.25, 0.3) is 21.6 Å². The highest BCUT2D eigenvalue weighted by Gasteiger charge is 2.21. The van der Waals surface area contributed by atoms with Gasteiger partial charge in [-0.1, -0.05) is 62.7 Å². The number of hydrogen-bond acceptors (Lipinski definition) is 8. The maximum atomic E-state index is 11.3. The van der Waals surface area contributed by atoms with Gasteiger partial charge < -0.3 is 14.6 Å². The van der Waals surface area contributed by atoms with Crippen LogP contribution in [0.3, 0.4) is 0 Å². The SMILES string of the molecule is Cc1ccc(-c2c(-c3cc(CN4CCOCC4)c(O)c(CN4CCOCC4)c3)ssc2=S)cc1. The Balaban J connectivity index is 1.56. The minimum Gasteiger partial charge on any atom is -0.507 e. The van der Waals surface area contributed by atoms with Gasteiger partial charge in [0.05, 0.1) is 31.3 Å². The number of phenolic OH excluding ortho intramolecular Hbond substituents is 1. The summed E-state index contributed by atoms with van der Waals surface area (Å²) in [4.78, 5) is 5.90. The van der Waals surface area contributed by atoms with Crippen LogP contribution in [0.15, 0.2) is 36.4 Å². The van der Waals surface area contributed by atoms with Gasteiger partial charge in [-0.3, -0.25) is 9.80 Å². The van der Waals surface area contributed by atoms with E-state index in [-0.39, 0.29) is 0 Å². The number of ether oxygens (including phenoxy) is 2. The minimum absolute atomic E-state index is 0.414. The first-order valence-corrected chi connectivity index (χ1v) is 14.3. The van der Waals surface area contributed by atoms with Crippen molar-refractivity contribution in [3.8, 4) is 27.3 Å². The summed E-state index contributed by atoms with van der Waals surface area (Å²) in [5, 5.41) is 11.3. The van der Waals surface area contributed by atoms with Crippen LogP contribution in [0, 0.1) is 10.7 Å². The third-order valence-corrected chi connectivity index (χ3v) is 9.56. The average molecular weight is 515 g/mol. The molecule has 0 bridgehead atoms. The van der Waals surface area contributed by atoms with E-state index in [1.165, 1.54) is 10.4 Å². The van der Waals surface area contributed by atoms with Gasteiger partial charge in [0.25, 0.3) is 0 Å². The molecule has 1 N–H and O–H groups in total. The van der Waals surface area contributed by atoms with Crippen LogP contribution in [0.5, 0.6) is 5.75 Å². The monoisotopic (exact) mass is 514 g/mol. The summed E-state index contributed by atoms with van der Waals surface area (Å²) in [6.45, 7) is 10.0. The number of morpholine rings is 2. The van der Waals surface area contributed by atoms with Gasteiger partial charge in [0.1, 0.15) is 9.57 Å². The minimum atomic E-state index is 0.414. The lowest BCUT2D eigenvalue weighted by Crippen LogP contribution is -2.36. The molecule has 2 aliphatic heterocycles. The van der Waals surface area contributed by atoms with Crippen LogP contribution in [0.1, 0.15) is 16.7 Å². The topological polar surface area (TPSA) is 45.2 Å². The van der Waals surface area contributed by atoms with E-state index in [9.17, 15) is 5.11 Å². The predicted octanol–water partition coefficient (Wildman–Crippen LogP) is 5.55. The Hall–Kier alpha value is -1.65. The molecule has 0 saturated carbocycles. The second-order valence-electron chi connectivity index (χ2n) is 8.94. The summed E-state index contributed by atoms with van der Waals surface area (Å²) in [5.74, 6) is 0.414. The summed E-state index contributed by atoms with van der Waals surface area (Å²) in [7, 11) is 3.38. The maximum Gasteiger partial charge on any atom is 0.124 e. The van der Waals surface area contributed by atoms with Crippen LogP contribution < -0.4 is 0 Å². The van der Waals surface area contributed by atoms with Crippen LogP contribution in [0.4, 0.5) is 0 Å². The quantitative estimate of drug-likeness (QED) is 0.344. The lowest BCUT2D eigenvalue weighted by Gasteiger charge is -2.29. The van der Waals surface area contributed by atoms with Crippen molar-refractivity contribution in [3.05, 3.63) is 56.9 Å². The van der Waals surface area contributed by atoms with Crippen LogP contribution >= 0.6 is 32.9 Å². The lowest BCUT2D eigenvalue weighted by atomic mass is 9.98. The highest BCUT2D eigenvalue weighted by molar-refractivity contribution is 7.80. The van der Waals surface area contributed by atoms with Crippen molar-refractivity contribution >= 4 is 32.9 Å². The molecule has 2 saturated heterocycles. The van der Waals surface area contributed by atoms with Crippen molar-refractivity contribution in [2.75, 3.05) is 52.6 Å². The summed E-state index contributed by atoms with van der Waals surface area (Å²) in [6.07, 6.45) is 0. The second kappa shape index (κ2) is 11.0. The molecular weight excluding hydrogens is 484 g/mol. The van der Waals surface area contributed by atoms with Crippen molar-refractivity contribution in [2.24, 2.45) is 0 Å². The first-order chi connectivity index (χ1) is 16.6. The lowest BCUT2D eigenvalue weighted by molar-refractivity contribution is 0.0328. The van der Waals surface area contributed by atoms with Crippen molar-refractivity contribution in [3.63, 3.8) is 0 Å². The third kappa shape index (κ3) is 5.44. The predicted molar refractivity (Wildman–Crippen MR) is 142 cm³/mol. The molecule has 2 fully saturated rings. The molecule has 0 amide bonds. The molecule has 3 aromatic rings. The molecule has 0 spiro atoms. The highest BCUT2D eigenvalue weighted by atomic mass is 32.9. The number of hydrogen-bond donors (Lipinski definition) is 1. The third-order valence-electron chi connectivity index (χ3n) is 6.50. The maximum absolute atomic E-state index is 11.3. The summed E-state index contributed by atoms with van der Waals surface area (Å²) >= 11 is 5.78. The Kier molecular flexibility index (Phi) is 7.75. The van der Waals surface area contributed by atoms with E-state index >= 15 is 0 Å². The Morgan fingerprint density at radius 3 is 1.88 bits per heavy atom. The standard InChI is InChI=1S/C26H30N2O3S3/c1-18-2-4-19(5-3-18)23-25(33-34-26(23)32)20-14-21(16-27-6-10-30-11-7-27)24(29)22(15-20)17-28-8-12-31-13-9-28/h2-5,14-15,29H,6-13,16-17H2,1H3. The summed E-state index contributed by atoms with van der Waals surface area (Å²) < 4.78 is 12.0. The van der Waals surface area contributed by atoms with Crippen LogP contribution in [-0.2, 0) is 22.6 Å². The summed E-state index contributed by atoms with van der Waals surface area (Å²) in [6, 6.07) is 12.9. The molecule has 180 valence electrons. The first kappa shape index (κ1) is 24.1. The first-order valence-electron chi connectivity index (χ1n) is 11.7. The molecule has 0 radical (unpaired) electrons. The van der Waals surface area contributed by atoms with Gasteiger partial charge in [0.2, 0.25) is 0 Å². The number of benzene rings is 2. The van der Waals surface area contributed by atoms with E-state index in [1.807, 2.05) is 0 Å². The van der Waals surface area contributed by atoms with Crippen molar-refractivity contribution in [1.82, 2.24) is 9.80 Å². The molecule has 3 heterocycles. The molecular formula is C26H30N2O3S3. The fourth-order valence-electron chi connectivity index (χ4n) is 4.55. The van der Waals surface area contributed by atoms with Crippen molar-refractivity contribution in [2.45, 2.75) is 20.0 Å². The Labute approximate surface area is 213 Å². The zero-order chi connectivity index (χ0) is 23.5. The molecule has 8 heteroatoms. The van der Waals surface area contributed by atoms with E-state index < -0.39 is 0 Å². The van der Waals surface area contributed by atoms with Gasteiger partial charge in [-0.05, 0) is 30.2 Å². The van der Waals surface area contributed by atoms with Gasteiger partial charge in [0.15, 0.2) is 0 Å². The normalized spacial score (nSPS) is 17.8. The van der Waals surface area contributed by atoms with Gasteiger partial charge in [-0.25, -0.2) is 0 Å². The number of aromatic hydroxyl groups is 1. The van der Waals surface area contributed by atoms with E-state index in [1.54, 1.807) is 20.7 Å². The van der Waals surface area contributed by atoms with Gasteiger partial charge in [-0.15, -0.1) is 0 Å². The van der Waals surface area contributed by atoms with Crippen LogP contribution in [-0.4, -0.2) is 67.5 Å². The number of nitrogens with zero attached hydrogens (tertiary/aromatic N) is 2. The van der Waals surface area contributed by atoms with Gasteiger partial charge >= 0.3 is 0 Å². The largest absolute Gasteiger partial charge is 0.507 e. The summed E-state index contributed by atoms with van der Waals surface area (Å²) in [5.41, 5.74) is 6.60. The molecule has 0 aliphatic carbocycles. The van der Waals surface area contributed by atoms with Gasteiger partial charge in [0, 0.05) is 56.0 Å². The molecule has 1 aromatic heterocycles. The average Bonchev–Trinajstić information content (AvgIpc) is 3.24. The number of aryl methyl sites for hydroxylation is 1. The fraction of sp³-hybridized carbons (Fsp3) is 0.423. The Morgan fingerprint density at radius 2 is 1.35 bits per heavy atom. The fourth-order valence-corrected chi connectivity index (χ4v) is 7.45. The molecule has 2 aromatic carbocycles. The zero-order valence-electron chi connectivity index (χ0n) is 19.4. The Bertz CT molecular complexity index is 1140. The molecule has 0 unspecified atom stereocenters. The Morgan fingerprint density at radius 1 is 0.824 bits per heavy atom. The molecule has 2 aliphatic rings.